The van der Waals surface area contributed by atoms with E-state index in [4.69, 9.17) is 4.42 Å². The van der Waals surface area contributed by atoms with Gasteiger partial charge in [-0.25, -0.2) is 0 Å². The maximum absolute atomic E-state index is 5.48. The molecule has 17 heavy (non-hydrogen) atoms. The zero-order valence-electron chi connectivity index (χ0n) is 11.3. The van der Waals surface area contributed by atoms with Gasteiger partial charge in [-0.1, -0.05) is 26.7 Å². The van der Waals surface area contributed by atoms with Gasteiger partial charge in [0.15, 0.2) is 0 Å². The molecule has 0 spiro atoms. The summed E-state index contributed by atoms with van der Waals surface area (Å²) < 4.78 is 5.48. The van der Waals surface area contributed by atoms with Crippen molar-refractivity contribution >= 4 is 0 Å². The molecule has 1 aliphatic rings. The molecule has 1 aliphatic carbocycles. The van der Waals surface area contributed by atoms with E-state index in [1.807, 2.05) is 6.07 Å². The second-order valence-electron chi connectivity index (χ2n) is 6.02. The average molecular weight is 235 g/mol. The van der Waals surface area contributed by atoms with E-state index in [9.17, 15) is 0 Å². The van der Waals surface area contributed by atoms with Crippen molar-refractivity contribution in [2.24, 2.45) is 11.3 Å². The molecular formula is C15H25NO. The molecule has 2 atom stereocenters. The first kappa shape index (κ1) is 12.7. The Hall–Kier alpha value is -0.760. The summed E-state index contributed by atoms with van der Waals surface area (Å²) in [5.74, 6) is 1.86. The molecular weight excluding hydrogens is 210 g/mol. The largest absolute Gasteiger partial charge is 0.469 e. The highest BCUT2D eigenvalue weighted by Crippen LogP contribution is 2.42. The third kappa shape index (κ3) is 2.92. The molecule has 2 heteroatoms. The molecule has 1 saturated carbocycles. The van der Waals surface area contributed by atoms with E-state index in [-0.39, 0.29) is 0 Å². The fourth-order valence-corrected chi connectivity index (χ4v) is 3.36. The Balaban J connectivity index is 2.06. The molecule has 0 amide bonds. The van der Waals surface area contributed by atoms with Gasteiger partial charge in [0, 0.05) is 12.5 Å². The highest BCUT2D eigenvalue weighted by Gasteiger charge is 2.37. The number of likely N-dealkylation sites (N-methyl/N-ethyl adjacent to an activating group) is 1. The minimum atomic E-state index is 0.457. The fourth-order valence-electron chi connectivity index (χ4n) is 3.36. The summed E-state index contributed by atoms with van der Waals surface area (Å²) in [6.45, 7) is 4.84. The smallest absolute Gasteiger partial charge is 0.105 e. The van der Waals surface area contributed by atoms with Gasteiger partial charge in [-0.2, -0.15) is 0 Å². The van der Waals surface area contributed by atoms with Gasteiger partial charge in [0.1, 0.15) is 5.76 Å². The first-order chi connectivity index (χ1) is 8.13. The van der Waals surface area contributed by atoms with Crippen LogP contribution in [0.4, 0.5) is 0 Å². The molecule has 2 unspecified atom stereocenters. The van der Waals surface area contributed by atoms with Crippen molar-refractivity contribution in [3.8, 4) is 0 Å². The molecule has 0 radical (unpaired) electrons. The van der Waals surface area contributed by atoms with Crippen molar-refractivity contribution in [3.05, 3.63) is 24.2 Å². The van der Waals surface area contributed by atoms with Crippen molar-refractivity contribution < 1.29 is 4.42 Å². The van der Waals surface area contributed by atoms with E-state index in [2.05, 4.69) is 32.3 Å². The number of furan rings is 1. The molecule has 1 heterocycles. The lowest BCUT2D eigenvalue weighted by atomic mass is 9.65. The van der Waals surface area contributed by atoms with Crippen LogP contribution in [0.1, 0.15) is 45.3 Å². The van der Waals surface area contributed by atoms with Crippen LogP contribution in [0.3, 0.4) is 0 Å². The molecule has 1 N–H and O–H groups in total. The van der Waals surface area contributed by atoms with Crippen molar-refractivity contribution in [1.29, 1.82) is 0 Å². The summed E-state index contributed by atoms with van der Waals surface area (Å²) >= 11 is 0. The van der Waals surface area contributed by atoms with Gasteiger partial charge in [-0.15, -0.1) is 0 Å². The van der Waals surface area contributed by atoms with Crippen LogP contribution in [0.2, 0.25) is 0 Å². The van der Waals surface area contributed by atoms with Crippen molar-refractivity contribution in [1.82, 2.24) is 5.32 Å². The van der Waals surface area contributed by atoms with Crippen LogP contribution in [-0.2, 0) is 6.42 Å². The summed E-state index contributed by atoms with van der Waals surface area (Å²) in [4.78, 5) is 0. The van der Waals surface area contributed by atoms with Gasteiger partial charge in [0.25, 0.3) is 0 Å². The molecule has 0 aromatic carbocycles. The second kappa shape index (κ2) is 5.26. The van der Waals surface area contributed by atoms with Gasteiger partial charge in [0.05, 0.1) is 6.26 Å². The predicted octanol–water partition coefficient (Wildman–Crippen LogP) is 3.63. The number of nitrogens with one attached hydrogen (secondary N) is 1. The van der Waals surface area contributed by atoms with E-state index in [1.54, 1.807) is 6.26 Å². The molecule has 1 fully saturated rings. The second-order valence-corrected chi connectivity index (χ2v) is 6.02. The SMILES string of the molecule is CNC(Cc1ccco1)C1CCCCC1(C)C. The molecule has 0 saturated heterocycles. The van der Waals surface area contributed by atoms with Gasteiger partial charge in [-0.3, -0.25) is 0 Å². The van der Waals surface area contributed by atoms with Crippen LogP contribution in [0.15, 0.2) is 22.8 Å². The molecule has 1 aromatic heterocycles. The van der Waals surface area contributed by atoms with Gasteiger partial charge < -0.3 is 9.73 Å². The van der Waals surface area contributed by atoms with Crippen molar-refractivity contribution in [3.63, 3.8) is 0 Å². The first-order valence-corrected chi connectivity index (χ1v) is 6.83. The average Bonchev–Trinajstić information content (AvgIpc) is 2.79. The Labute approximate surface area is 105 Å². The fraction of sp³-hybridized carbons (Fsp3) is 0.733. The maximum atomic E-state index is 5.48. The van der Waals surface area contributed by atoms with Gasteiger partial charge >= 0.3 is 0 Å². The van der Waals surface area contributed by atoms with Crippen molar-refractivity contribution in [2.45, 2.75) is 52.0 Å². The highest BCUT2D eigenvalue weighted by atomic mass is 16.3. The Kier molecular flexibility index (Phi) is 3.93. The lowest BCUT2D eigenvalue weighted by molar-refractivity contribution is 0.0991. The summed E-state index contributed by atoms with van der Waals surface area (Å²) in [7, 11) is 2.08. The monoisotopic (exact) mass is 235 g/mol. The molecule has 2 rings (SSSR count). The van der Waals surface area contributed by atoms with E-state index >= 15 is 0 Å². The molecule has 96 valence electrons. The van der Waals surface area contributed by atoms with Gasteiger partial charge in [-0.05, 0) is 43.4 Å². The lowest BCUT2D eigenvalue weighted by Crippen LogP contribution is -2.44. The summed E-state index contributed by atoms with van der Waals surface area (Å²) in [6, 6.07) is 4.60. The standard InChI is InChI=1S/C15H25NO/c1-15(2)9-5-4-8-13(15)14(16-3)11-12-7-6-10-17-12/h6-7,10,13-14,16H,4-5,8-9,11H2,1-3H3. The molecule has 0 bridgehead atoms. The molecule has 0 aliphatic heterocycles. The Morgan fingerprint density at radius 2 is 2.29 bits per heavy atom. The molecule has 1 aromatic rings. The third-order valence-corrected chi connectivity index (χ3v) is 4.45. The number of rotatable bonds is 4. The number of hydrogen-bond acceptors (Lipinski definition) is 2. The summed E-state index contributed by atoms with van der Waals surface area (Å²) in [6.07, 6.45) is 8.25. The third-order valence-electron chi connectivity index (χ3n) is 4.45. The predicted molar refractivity (Wildman–Crippen MR) is 71.0 cm³/mol. The van der Waals surface area contributed by atoms with Crippen LogP contribution < -0.4 is 5.32 Å². The topological polar surface area (TPSA) is 25.2 Å². The van der Waals surface area contributed by atoms with E-state index in [0.29, 0.717) is 11.5 Å². The minimum Gasteiger partial charge on any atom is -0.469 e. The zero-order valence-corrected chi connectivity index (χ0v) is 11.3. The maximum Gasteiger partial charge on any atom is 0.105 e. The minimum absolute atomic E-state index is 0.457. The quantitative estimate of drug-likeness (QED) is 0.862. The zero-order chi connectivity index (χ0) is 12.3. The Bertz CT molecular complexity index is 329. The molecule has 2 nitrogen and oxygen atoms in total. The summed E-state index contributed by atoms with van der Waals surface area (Å²) in [5.41, 5.74) is 0.457. The first-order valence-electron chi connectivity index (χ1n) is 6.83. The highest BCUT2D eigenvalue weighted by molar-refractivity contribution is 5.03. The van der Waals surface area contributed by atoms with Crippen LogP contribution in [-0.4, -0.2) is 13.1 Å². The number of hydrogen-bond donors (Lipinski definition) is 1. The van der Waals surface area contributed by atoms with Crippen LogP contribution in [0.5, 0.6) is 0 Å². The van der Waals surface area contributed by atoms with Crippen LogP contribution in [0.25, 0.3) is 0 Å². The Morgan fingerprint density at radius 1 is 1.47 bits per heavy atom. The van der Waals surface area contributed by atoms with Crippen LogP contribution in [0, 0.1) is 11.3 Å². The summed E-state index contributed by atoms with van der Waals surface area (Å²) in [5, 5.41) is 3.51. The van der Waals surface area contributed by atoms with Crippen molar-refractivity contribution in [2.75, 3.05) is 7.05 Å². The van der Waals surface area contributed by atoms with Gasteiger partial charge in [0.2, 0.25) is 0 Å². The Morgan fingerprint density at radius 3 is 2.88 bits per heavy atom. The van der Waals surface area contributed by atoms with E-state index in [1.165, 1.54) is 25.7 Å². The lowest BCUT2D eigenvalue weighted by Gasteiger charge is -2.43. The normalized spacial score (nSPS) is 25.7. The van der Waals surface area contributed by atoms with E-state index < -0.39 is 0 Å². The van der Waals surface area contributed by atoms with E-state index in [0.717, 1.165) is 18.1 Å². The van der Waals surface area contributed by atoms with Crippen LogP contribution >= 0.6 is 0 Å².